The number of hydrogen-bond acceptors (Lipinski definition) is 2. The third-order valence-electron chi connectivity index (χ3n) is 5.01. The number of ether oxygens (including phenoxy) is 1. The van der Waals surface area contributed by atoms with Crippen molar-refractivity contribution < 1.29 is 9.53 Å². The molecule has 0 amide bonds. The third-order valence-corrected chi connectivity index (χ3v) is 5.01. The van der Waals surface area contributed by atoms with E-state index >= 15 is 0 Å². The fraction of sp³-hybridized carbons (Fsp3) is 0.737. The van der Waals surface area contributed by atoms with Crippen molar-refractivity contribution >= 4 is 5.97 Å². The molecule has 2 aliphatic carbocycles. The SMILES string of the molecule is C=C(C)C(=O)OCCCCC(CCC)C1=C2CCC(C2)C1. The van der Waals surface area contributed by atoms with Crippen LogP contribution in [-0.2, 0) is 9.53 Å². The summed E-state index contributed by atoms with van der Waals surface area (Å²) in [4.78, 5) is 11.3. The Bertz CT molecular complexity index is 419. The van der Waals surface area contributed by atoms with E-state index in [-0.39, 0.29) is 5.97 Å². The molecule has 2 bridgehead atoms. The highest BCUT2D eigenvalue weighted by atomic mass is 16.5. The molecular weight excluding hydrogens is 260 g/mol. The monoisotopic (exact) mass is 290 g/mol. The molecule has 0 aromatic heterocycles. The zero-order valence-electron chi connectivity index (χ0n) is 13.7. The van der Waals surface area contributed by atoms with E-state index in [9.17, 15) is 4.79 Å². The van der Waals surface area contributed by atoms with E-state index in [1.54, 1.807) is 12.5 Å². The number of unbranched alkanes of at least 4 members (excludes halogenated alkanes) is 1. The molecule has 0 heterocycles. The molecule has 21 heavy (non-hydrogen) atoms. The molecule has 0 aromatic carbocycles. The second-order valence-corrected chi connectivity index (χ2v) is 6.84. The Labute approximate surface area is 129 Å². The van der Waals surface area contributed by atoms with Crippen molar-refractivity contribution in [3.63, 3.8) is 0 Å². The predicted octanol–water partition coefficient (Wildman–Crippen LogP) is 5.19. The van der Waals surface area contributed by atoms with Gasteiger partial charge in [-0.1, -0.05) is 31.1 Å². The van der Waals surface area contributed by atoms with E-state index in [4.69, 9.17) is 4.74 Å². The zero-order valence-corrected chi connectivity index (χ0v) is 13.7. The van der Waals surface area contributed by atoms with Crippen LogP contribution in [0.2, 0.25) is 0 Å². The molecule has 0 saturated heterocycles. The van der Waals surface area contributed by atoms with Gasteiger partial charge in [0.15, 0.2) is 0 Å². The number of carbonyl (C=O) groups excluding carboxylic acids is 1. The van der Waals surface area contributed by atoms with Crippen LogP contribution < -0.4 is 0 Å². The summed E-state index contributed by atoms with van der Waals surface area (Å²) < 4.78 is 5.17. The molecule has 0 N–H and O–H groups in total. The predicted molar refractivity (Wildman–Crippen MR) is 87.0 cm³/mol. The molecule has 0 spiro atoms. The van der Waals surface area contributed by atoms with Gasteiger partial charge in [-0.15, -0.1) is 0 Å². The number of fused-ring (bicyclic) bond motifs is 2. The number of esters is 1. The van der Waals surface area contributed by atoms with Crippen molar-refractivity contribution in [3.05, 3.63) is 23.3 Å². The fourth-order valence-corrected chi connectivity index (χ4v) is 3.93. The third kappa shape index (κ3) is 4.46. The lowest BCUT2D eigenvalue weighted by atomic mass is 9.83. The average molecular weight is 290 g/mol. The lowest BCUT2D eigenvalue weighted by Crippen LogP contribution is -2.09. The first-order valence-corrected chi connectivity index (χ1v) is 8.65. The van der Waals surface area contributed by atoms with Gasteiger partial charge in [0.05, 0.1) is 6.61 Å². The van der Waals surface area contributed by atoms with Crippen LogP contribution in [-0.4, -0.2) is 12.6 Å². The van der Waals surface area contributed by atoms with Crippen LogP contribution in [0.3, 0.4) is 0 Å². The molecule has 2 atom stereocenters. The molecule has 1 saturated carbocycles. The van der Waals surface area contributed by atoms with Crippen LogP contribution in [0, 0.1) is 11.8 Å². The van der Waals surface area contributed by atoms with Crippen molar-refractivity contribution in [2.24, 2.45) is 11.8 Å². The Morgan fingerprint density at radius 3 is 2.71 bits per heavy atom. The Balaban J connectivity index is 1.72. The zero-order chi connectivity index (χ0) is 15.2. The van der Waals surface area contributed by atoms with Gasteiger partial charge in [0, 0.05) is 5.57 Å². The van der Waals surface area contributed by atoms with Crippen LogP contribution in [0.4, 0.5) is 0 Å². The van der Waals surface area contributed by atoms with Gasteiger partial charge in [0.2, 0.25) is 0 Å². The standard InChI is InChI=1S/C19H30O2/c1-4-7-16(18-13-15-9-10-17(18)12-15)8-5-6-11-21-19(20)14(2)3/h15-16H,2,4-13H2,1,3H3. The quantitative estimate of drug-likeness (QED) is 0.253. The first-order valence-electron chi connectivity index (χ1n) is 8.65. The van der Waals surface area contributed by atoms with Gasteiger partial charge in [-0.25, -0.2) is 4.79 Å². The molecule has 2 rings (SSSR count). The second-order valence-electron chi connectivity index (χ2n) is 6.84. The molecule has 0 aromatic rings. The average Bonchev–Trinajstić information content (AvgIpc) is 3.08. The molecule has 0 aliphatic heterocycles. The summed E-state index contributed by atoms with van der Waals surface area (Å²) in [7, 11) is 0. The maximum Gasteiger partial charge on any atom is 0.333 e. The second kappa shape index (κ2) is 7.82. The maximum absolute atomic E-state index is 11.3. The van der Waals surface area contributed by atoms with Crippen LogP contribution in [0.15, 0.2) is 23.3 Å². The first kappa shape index (κ1) is 16.3. The van der Waals surface area contributed by atoms with Crippen molar-refractivity contribution in [2.75, 3.05) is 6.61 Å². The first-order chi connectivity index (χ1) is 10.1. The summed E-state index contributed by atoms with van der Waals surface area (Å²) in [5.41, 5.74) is 4.10. The van der Waals surface area contributed by atoms with Gasteiger partial charge in [0.25, 0.3) is 0 Å². The molecular formula is C19H30O2. The van der Waals surface area contributed by atoms with Gasteiger partial charge < -0.3 is 4.74 Å². The molecule has 2 aliphatic rings. The van der Waals surface area contributed by atoms with Crippen molar-refractivity contribution in [1.82, 2.24) is 0 Å². The Hall–Kier alpha value is -1.05. The number of carbonyl (C=O) groups is 1. The van der Waals surface area contributed by atoms with E-state index in [0.29, 0.717) is 12.2 Å². The van der Waals surface area contributed by atoms with Crippen LogP contribution in [0.25, 0.3) is 0 Å². The van der Waals surface area contributed by atoms with Gasteiger partial charge in [-0.3, -0.25) is 0 Å². The topological polar surface area (TPSA) is 26.3 Å². The number of rotatable bonds is 9. The highest BCUT2D eigenvalue weighted by molar-refractivity contribution is 5.86. The molecule has 118 valence electrons. The molecule has 2 heteroatoms. The summed E-state index contributed by atoms with van der Waals surface area (Å²) in [5.74, 6) is 1.52. The van der Waals surface area contributed by atoms with Crippen molar-refractivity contribution in [1.29, 1.82) is 0 Å². The summed E-state index contributed by atoms with van der Waals surface area (Å²) in [6, 6.07) is 0. The highest BCUT2D eigenvalue weighted by Gasteiger charge is 2.32. The summed E-state index contributed by atoms with van der Waals surface area (Å²) in [6.07, 6.45) is 11.6. The molecule has 1 fully saturated rings. The van der Waals surface area contributed by atoms with Crippen LogP contribution in [0.1, 0.15) is 71.6 Å². The minimum Gasteiger partial charge on any atom is -0.462 e. The van der Waals surface area contributed by atoms with E-state index in [2.05, 4.69) is 13.5 Å². The van der Waals surface area contributed by atoms with E-state index in [1.165, 1.54) is 44.9 Å². The number of allylic oxidation sites excluding steroid dienone is 2. The van der Waals surface area contributed by atoms with Gasteiger partial charge >= 0.3 is 5.97 Å². The normalized spacial score (nSPS) is 21.7. The van der Waals surface area contributed by atoms with Crippen LogP contribution >= 0.6 is 0 Å². The van der Waals surface area contributed by atoms with Crippen molar-refractivity contribution in [3.8, 4) is 0 Å². The van der Waals surface area contributed by atoms with E-state index in [1.807, 2.05) is 5.57 Å². The smallest absolute Gasteiger partial charge is 0.333 e. The minimum absolute atomic E-state index is 0.252. The maximum atomic E-state index is 11.3. The van der Waals surface area contributed by atoms with Gasteiger partial charge in [0.1, 0.15) is 0 Å². The summed E-state index contributed by atoms with van der Waals surface area (Å²) >= 11 is 0. The lowest BCUT2D eigenvalue weighted by molar-refractivity contribution is -0.139. The fourth-order valence-electron chi connectivity index (χ4n) is 3.93. The number of hydrogen-bond donors (Lipinski definition) is 0. The lowest BCUT2D eigenvalue weighted by Gasteiger charge is -2.22. The van der Waals surface area contributed by atoms with Gasteiger partial charge in [-0.2, -0.15) is 0 Å². The Morgan fingerprint density at radius 1 is 1.33 bits per heavy atom. The minimum atomic E-state index is -0.252. The Morgan fingerprint density at radius 2 is 2.14 bits per heavy atom. The largest absolute Gasteiger partial charge is 0.462 e. The molecule has 2 nitrogen and oxygen atoms in total. The summed E-state index contributed by atoms with van der Waals surface area (Å²) in [5, 5.41) is 0. The van der Waals surface area contributed by atoms with Crippen molar-refractivity contribution in [2.45, 2.75) is 71.6 Å². The summed E-state index contributed by atoms with van der Waals surface area (Å²) in [6.45, 7) is 8.13. The van der Waals surface area contributed by atoms with E-state index in [0.717, 1.165) is 24.7 Å². The molecule has 2 unspecified atom stereocenters. The molecule has 0 radical (unpaired) electrons. The van der Waals surface area contributed by atoms with Gasteiger partial charge in [-0.05, 0) is 70.1 Å². The van der Waals surface area contributed by atoms with E-state index < -0.39 is 0 Å². The van der Waals surface area contributed by atoms with Crippen LogP contribution in [0.5, 0.6) is 0 Å². The highest BCUT2D eigenvalue weighted by Crippen LogP contribution is 2.48. The Kier molecular flexibility index (Phi) is 6.08.